The zero-order valence-corrected chi connectivity index (χ0v) is 19.0. The quantitative estimate of drug-likeness (QED) is 0.563. The van der Waals surface area contributed by atoms with Gasteiger partial charge in [0.05, 0.1) is 23.7 Å². The highest BCUT2D eigenvalue weighted by Crippen LogP contribution is 2.30. The third-order valence-electron chi connectivity index (χ3n) is 5.75. The molecule has 1 aliphatic rings. The van der Waals surface area contributed by atoms with Crippen molar-refractivity contribution < 1.29 is 22.3 Å². The van der Waals surface area contributed by atoms with E-state index >= 15 is 0 Å². The molecule has 0 radical (unpaired) electrons. The highest BCUT2D eigenvalue weighted by molar-refractivity contribution is 7.92. The summed E-state index contributed by atoms with van der Waals surface area (Å²) in [5.74, 6) is -0.419. The Hall–Kier alpha value is -3.39. The molecule has 0 saturated heterocycles. The van der Waals surface area contributed by atoms with Crippen LogP contribution < -0.4 is 14.4 Å². The Balaban J connectivity index is 1.61. The van der Waals surface area contributed by atoms with Crippen LogP contribution in [0.15, 0.2) is 77.7 Å². The first-order valence-corrected chi connectivity index (χ1v) is 12.1. The second kappa shape index (κ2) is 9.62. The lowest BCUT2D eigenvalue weighted by atomic mass is 9.88. The van der Waals surface area contributed by atoms with Crippen LogP contribution in [0.25, 0.3) is 0 Å². The molecule has 33 heavy (non-hydrogen) atoms. The maximum absolute atomic E-state index is 13.5. The van der Waals surface area contributed by atoms with Crippen LogP contribution in [0.5, 0.6) is 5.75 Å². The number of aryl methyl sites for hydroxylation is 1. The van der Waals surface area contributed by atoms with Gasteiger partial charge in [0, 0.05) is 0 Å². The lowest BCUT2D eigenvalue weighted by molar-refractivity contribution is -0.120. The van der Waals surface area contributed by atoms with Gasteiger partial charge in [0.1, 0.15) is 18.1 Å². The predicted molar refractivity (Wildman–Crippen MR) is 124 cm³/mol. The second-order valence-corrected chi connectivity index (χ2v) is 9.74. The number of benzene rings is 3. The van der Waals surface area contributed by atoms with Gasteiger partial charge in [-0.2, -0.15) is 0 Å². The highest BCUT2D eigenvalue weighted by Gasteiger charge is 2.29. The van der Waals surface area contributed by atoms with E-state index < -0.39 is 28.3 Å². The molecule has 172 valence electrons. The molecule has 0 spiro atoms. The molecule has 3 aromatic carbocycles. The summed E-state index contributed by atoms with van der Waals surface area (Å²) >= 11 is 0. The number of sulfonamides is 1. The molecule has 0 aliphatic heterocycles. The molecule has 3 aromatic rings. The SMILES string of the molecule is COc1ccc(S(=O)(=O)N(CC(=O)NC2CCCc3ccccc32)c2ccc(F)cc2)cc1. The molecule has 0 heterocycles. The van der Waals surface area contributed by atoms with Gasteiger partial charge in [-0.15, -0.1) is 0 Å². The van der Waals surface area contributed by atoms with E-state index in [0.717, 1.165) is 29.1 Å². The van der Waals surface area contributed by atoms with Gasteiger partial charge in [0.25, 0.3) is 10.0 Å². The van der Waals surface area contributed by atoms with Crippen LogP contribution in [0.4, 0.5) is 10.1 Å². The largest absolute Gasteiger partial charge is 0.497 e. The van der Waals surface area contributed by atoms with Gasteiger partial charge in [-0.1, -0.05) is 24.3 Å². The number of amides is 1. The maximum Gasteiger partial charge on any atom is 0.264 e. The molecule has 1 atom stereocenters. The van der Waals surface area contributed by atoms with E-state index in [4.69, 9.17) is 4.74 Å². The number of halogens is 1. The number of carbonyl (C=O) groups excluding carboxylic acids is 1. The van der Waals surface area contributed by atoms with E-state index in [1.165, 1.54) is 61.2 Å². The molecule has 0 saturated carbocycles. The number of carbonyl (C=O) groups is 1. The molecule has 0 bridgehead atoms. The molecule has 0 aromatic heterocycles. The van der Waals surface area contributed by atoms with E-state index in [2.05, 4.69) is 5.32 Å². The molecule has 1 aliphatic carbocycles. The van der Waals surface area contributed by atoms with Crippen molar-refractivity contribution in [1.29, 1.82) is 0 Å². The molecule has 1 N–H and O–H groups in total. The number of nitrogens with zero attached hydrogens (tertiary/aromatic N) is 1. The standard InChI is InChI=1S/C25H25FN2O4S/c1-32-21-13-15-22(16-14-21)33(30,31)28(20-11-9-19(26)10-12-20)17-25(29)27-24-8-4-6-18-5-2-3-7-23(18)24/h2-3,5,7,9-16,24H,4,6,8,17H2,1H3,(H,27,29). The molecule has 1 amide bonds. The minimum atomic E-state index is -4.09. The molecule has 0 fully saturated rings. The molecular formula is C25H25FN2O4S. The van der Waals surface area contributed by atoms with Gasteiger partial charge < -0.3 is 10.1 Å². The lowest BCUT2D eigenvalue weighted by Gasteiger charge is -2.28. The summed E-state index contributed by atoms with van der Waals surface area (Å²) in [5.41, 5.74) is 2.45. The Morgan fingerprint density at radius 1 is 1.06 bits per heavy atom. The topological polar surface area (TPSA) is 75.7 Å². The monoisotopic (exact) mass is 468 g/mol. The first-order valence-electron chi connectivity index (χ1n) is 10.7. The molecule has 8 heteroatoms. The molecule has 1 unspecified atom stereocenters. The van der Waals surface area contributed by atoms with Gasteiger partial charge in [-0.25, -0.2) is 12.8 Å². The number of anilines is 1. The number of rotatable bonds is 7. The summed E-state index contributed by atoms with van der Waals surface area (Å²) in [6, 6.07) is 18.7. The van der Waals surface area contributed by atoms with Crippen LogP contribution >= 0.6 is 0 Å². The zero-order chi connectivity index (χ0) is 23.4. The third-order valence-corrected chi connectivity index (χ3v) is 7.54. The smallest absolute Gasteiger partial charge is 0.264 e. The first kappa shape index (κ1) is 22.8. The van der Waals surface area contributed by atoms with Crippen molar-refractivity contribution in [3.8, 4) is 5.75 Å². The van der Waals surface area contributed by atoms with Crippen molar-refractivity contribution >= 4 is 21.6 Å². The lowest BCUT2D eigenvalue weighted by Crippen LogP contribution is -2.42. The molecule has 4 rings (SSSR count). The molecule has 6 nitrogen and oxygen atoms in total. The van der Waals surface area contributed by atoms with Crippen LogP contribution in [0.2, 0.25) is 0 Å². The Labute approximate surface area is 193 Å². The number of hydrogen-bond donors (Lipinski definition) is 1. The van der Waals surface area contributed by atoms with Gasteiger partial charge >= 0.3 is 0 Å². The summed E-state index contributed by atoms with van der Waals surface area (Å²) in [6.07, 6.45) is 2.68. The van der Waals surface area contributed by atoms with E-state index in [1.807, 2.05) is 24.3 Å². The number of hydrogen-bond acceptors (Lipinski definition) is 4. The Bertz CT molecular complexity index is 1230. The van der Waals surface area contributed by atoms with Crippen molar-refractivity contribution in [3.05, 3.63) is 89.7 Å². The minimum Gasteiger partial charge on any atom is -0.497 e. The van der Waals surface area contributed by atoms with Crippen molar-refractivity contribution in [2.75, 3.05) is 18.0 Å². The summed E-state index contributed by atoms with van der Waals surface area (Å²) in [7, 11) is -2.61. The Kier molecular flexibility index (Phi) is 6.65. The van der Waals surface area contributed by atoms with E-state index in [1.54, 1.807) is 0 Å². The fourth-order valence-corrected chi connectivity index (χ4v) is 5.49. The van der Waals surface area contributed by atoms with Crippen LogP contribution in [-0.2, 0) is 21.2 Å². The van der Waals surface area contributed by atoms with Crippen molar-refractivity contribution in [1.82, 2.24) is 5.32 Å². The van der Waals surface area contributed by atoms with Gasteiger partial charge in [-0.3, -0.25) is 9.10 Å². The molecular weight excluding hydrogens is 443 g/mol. The third kappa shape index (κ3) is 5.01. The number of nitrogens with one attached hydrogen (secondary N) is 1. The Morgan fingerprint density at radius 3 is 2.45 bits per heavy atom. The number of fused-ring (bicyclic) bond motifs is 1. The van der Waals surface area contributed by atoms with Crippen LogP contribution in [0, 0.1) is 5.82 Å². The van der Waals surface area contributed by atoms with Gasteiger partial charge in [0.2, 0.25) is 5.91 Å². The van der Waals surface area contributed by atoms with E-state index in [0.29, 0.717) is 5.75 Å². The van der Waals surface area contributed by atoms with Crippen molar-refractivity contribution in [3.63, 3.8) is 0 Å². The van der Waals surface area contributed by atoms with E-state index in [9.17, 15) is 17.6 Å². The average molecular weight is 469 g/mol. The minimum absolute atomic E-state index is 0.00318. The van der Waals surface area contributed by atoms with Crippen molar-refractivity contribution in [2.45, 2.75) is 30.2 Å². The van der Waals surface area contributed by atoms with Crippen LogP contribution in [0.3, 0.4) is 0 Å². The van der Waals surface area contributed by atoms with Crippen LogP contribution in [0.1, 0.15) is 30.0 Å². The fourth-order valence-electron chi connectivity index (χ4n) is 4.07. The number of ether oxygens (including phenoxy) is 1. The number of methoxy groups -OCH3 is 1. The summed E-state index contributed by atoms with van der Waals surface area (Å²) in [6.45, 7) is -0.432. The summed E-state index contributed by atoms with van der Waals surface area (Å²) in [4.78, 5) is 13.0. The average Bonchev–Trinajstić information content (AvgIpc) is 2.83. The highest BCUT2D eigenvalue weighted by atomic mass is 32.2. The maximum atomic E-state index is 13.5. The second-order valence-electron chi connectivity index (χ2n) is 7.87. The van der Waals surface area contributed by atoms with Crippen LogP contribution in [-0.4, -0.2) is 28.0 Å². The summed E-state index contributed by atoms with van der Waals surface area (Å²) < 4.78 is 46.5. The van der Waals surface area contributed by atoms with Crippen molar-refractivity contribution in [2.24, 2.45) is 0 Å². The van der Waals surface area contributed by atoms with Gasteiger partial charge in [-0.05, 0) is 78.9 Å². The predicted octanol–water partition coefficient (Wildman–Crippen LogP) is 4.22. The Morgan fingerprint density at radius 2 is 1.76 bits per heavy atom. The van der Waals surface area contributed by atoms with Gasteiger partial charge in [0.15, 0.2) is 0 Å². The fraction of sp³-hybridized carbons (Fsp3) is 0.240. The zero-order valence-electron chi connectivity index (χ0n) is 18.2. The normalized spacial score (nSPS) is 15.4. The van der Waals surface area contributed by atoms with E-state index in [-0.39, 0.29) is 16.6 Å². The first-order chi connectivity index (χ1) is 15.9. The summed E-state index contributed by atoms with van der Waals surface area (Å²) in [5, 5.41) is 2.99.